The fourth-order valence-electron chi connectivity index (χ4n) is 3.55. The van der Waals surface area contributed by atoms with Crippen molar-refractivity contribution in [2.45, 2.75) is 52.0 Å². The van der Waals surface area contributed by atoms with E-state index in [2.05, 4.69) is 10.6 Å². The number of carbonyl (C=O) groups is 2. The summed E-state index contributed by atoms with van der Waals surface area (Å²) in [6.07, 6.45) is 6.07. The number of halogens is 1. The number of rotatable bonds is 7. The lowest BCUT2D eigenvalue weighted by atomic mass is 9.89. The molecule has 1 saturated carbocycles. The molecule has 0 radical (unpaired) electrons. The van der Waals surface area contributed by atoms with Gasteiger partial charge in [-0.25, -0.2) is 0 Å². The van der Waals surface area contributed by atoms with E-state index in [1.807, 2.05) is 19.1 Å². The first-order chi connectivity index (χ1) is 14.0. The summed E-state index contributed by atoms with van der Waals surface area (Å²) in [6, 6.07) is 7.29. The number of anilines is 1. The second-order valence-corrected chi connectivity index (χ2v) is 8.83. The van der Waals surface area contributed by atoms with Crippen molar-refractivity contribution >= 4 is 39.8 Å². The second-order valence-electron chi connectivity index (χ2n) is 7.28. The van der Waals surface area contributed by atoms with Crippen LogP contribution in [0.1, 0.15) is 59.8 Å². The Balaban J connectivity index is 1.68. The Bertz CT molecular complexity index is 875. The molecule has 2 aromatic rings. The van der Waals surface area contributed by atoms with E-state index in [9.17, 15) is 9.59 Å². The molecule has 0 bridgehead atoms. The number of amides is 2. The topological polar surface area (TPSA) is 67.4 Å². The number of ether oxygens (including phenoxy) is 1. The minimum atomic E-state index is -0.202. The van der Waals surface area contributed by atoms with E-state index < -0.39 is 0 Å². The van der Waals surface area contributed by atoms with Gasteiger partial charge in [0.05, 0.1) is 17.7 Å². The van der Waals surface area contributed by atoms with E-state index >= 15 is 0 Å². The molecule has 0 saturated heterocycles. The van der Waals surface area contributed by atoms with Crippen molar-refractivity contribution in [3.8, 4) is 5.75 Å². The van der Waals surface area contributed by atoms with Gasteiger partial charge in [0, 0.05) is 17.3 Å². The van der Waals surface area contributed by atoms with Gasteiger partial charge in [-0.15, -0.1) is 11.3 Å². The molecule has 0 aliphatic heterocycles. The van der Waals surface area contributed by atoms with Gasteiger partial charge in [-0.05, 0) is 43.0 Å². The molecule has 1 aromatic heterocycles. The van der Waals surface area contributed by atoms with Crippen LogP contribution in [-0.2, 0) is 17.8 Å². The van der Waals surface area contributed by atoms with Crippen LogP contribution in [0.4, 0.5) is 5.00 Å². The quantitative estimate of drug-likeness (QED) is 0.611. The number of nitrogens with one attached hydrogen (secondary N) is 2. The molecule has 5 nitrogen and oxygen atoms in total. The third-order valence-corrected chi connectivity index (χ3v) is 6.75. The number of carbonyl (C=O) groups excluding carboxylic acids is 2. The third kappa shape index (κ3) is 5.52. The zero-order chi connectivity index (χ0) is 20.8. The van der Waals surface area contributed by atoms with Crippen LogP contribution >= 0.6 is 22.9 Å². The predicted molar refractivity (Wildman–Crippen MR) is 118 cm³/mol. The third-order valence-electron chi connectivity index (χ3n) is 5.26. The molecular weight excluding hydrogens is 408 g/mol. The lowest BCUT2D eigenvalue weighted by Gasteiger charge is -2.20. The second kappa shape index (κ2) is 10.1. The van der Waals surface area contributed by atoms with E-state index in [4.69, 9.17) is 16.3 Å². The van der Waals surface area contributed by atoms with Gasteiger partial charge in [0.1, 0.15) is 10.8 Å². The monoisotopic (exact) mass is 434 g/mol. The van der Waals surface area contributed by atoms with Gasteiger partial charge in [0.15, 0.2) is 0 Å². The molecule has 3 rings (SSSR count). The summed E-state index contributed by atoms with van der Waals surface area (Å²) < 4.78 is 5.15. The highest BCUT2D eigenvalue weighted by molar-refractivity contribution is 7.16. The molecule has 1 aliphatic carbocycles. The van der Waals surface area contributed by atoms with Crippen molar-refractivity contribution in [2.24, 2.45) is 5.92 Å². The van der Waals surface area contributed by atoms with Crippen LogP contribution in [0.5, 0.6) is 5.75 Å². The first-order valence-electron chi connectivity index (χ1n) is 10.1. The summed E-state index contributed by atoms with van der Waals surface area (Å²) >= 11 is 7.64. The molecule has 1 heterocycles. The van der Waals surface area contributed by atoms with Gasteiger partial charge in [-0.3, -0.25) is 9.59 Å². The molecule has 0 spiro atoms. The average molecular weight is 435 g/mol. The van der Waals surface area contributed by atoms with Crippen molar-refractivity contribution in [1.82, 2.24) is 5.32 Å². The van der Waals surface area contributed by atoms with Gasteiger partial charge in [-0.2, -0.15) is 0 Å². The summed E-state index contributed by atoms with van der Waals surface area (Å²) in [6.45, 7) is 2.38. The molecule has 7 heteroatoms. The van der Waals surface area contributed by atoms with Gasteiger partial charge >= 0.3 is 0 Å². The zero-order valence-corrected chi connectivity index (χ0v) is 18.4. The van der Waals surface area contributed by atoms with Crippen LogP contribution < -0.4 is 15.4 Å². The number of benzene rings is 1. The molecule has 29 heavy (non-hydrogen) atoms. The first kappa shape index (κ1) is 21.7. The van der Waals surface area contributed by atoms with Crippen LogP contribution in [0.3, 0.4) is 0 Å². The van der Waals surface area contributed by atoms with Crippen LogP contribution in [0, 0.1) is 5.92 Å². The summed E-state index contributed by atoms with van der Waals surface area (Å²) in [4.78, 5) is 26.5. The van der Waals surface area contributed by atoms with Crippen molar-refractivity contribution in [3.63, 3.8) is 0 Å². The van der Waals surface area contributed by atoms with Gasteiger partial charge in [0.2, 0.25) is 5.91 Å². The highest BCUT2D eigenvalue weighted by Gasteiger charge is 2.24. The Morgan fingerprint density at radius 1 is 1.21 bits per heavy atom. The fourth-order valence-corrected chi connectivity index (χ4v) is 4.83. The number of hydrogen-bond acceptors (Lipinski definition) is 4. The Kier molecular flexibility index (Phi) is 7.56. The Morgan fingerprint density at radius 3 is 2.62 bits per heavy atom. The van der Waals surface area contributed by atoms with Gasteiger partial charge in [0.25, 0.3) is 5.91 Å². The molecule has 1 fully saturated rings. The minimum absolute atomic E-state index is 0.0326. The molecule has 1 aliphatic rings. The van der Waals surface area contributed by atoms with Crippen LogP contribution in [0.2, 0.25) is 5.02 Å². The smallest absolute Gasteiger partial charge is 0.254 e. The van der Waals surface area contributed by atoms with E-state index in [1.165, 1.54) is 17.8 Å². The summed E-state index contributed by atoms with van der Waals surface area (Å²) in [5, 5.41) is 7.09. The summed E-state index contributed by atoms with van der Waals surface area (Å²) in [7, 11) is 1.56. The lowest BCUT2D eigenvalue weighted by molar-refractivity contribution is -0.120. The summed E-state index contributed by atoms with van der Waals surface area (Å²) in [5.41, 5.74) is 1.40. The Labute approximate surface area is 180 Å². The van der Waals surface area contributed by atoms with E-state index in [1.54, 1.807) is 19.2 Å². The predicted octanol–water partition coefficient (Wildman–Crippen LogP) is 5.42. The lowest BCUT2D eigenvalue weighted by Crippen LogP contribution is -2.27. The molecule has 2 N–H and O–H groups in total. The molecule has 2 amide bonds. The summed E-state index contributed by atoms with van der Waals surface area (Å²) in [5.74, 6) is 0.477. The van der Waals surface area contributed by atoms with E-state index in [0.717, 1.165) is 42.5 Å². The highest BCUT2D eigenvalue weighted by Crippen LogP contribution is 2.31. The molecule has 156 valence electrons. The molecule has 0 unspecified atom stereocenters. The van der Waals surface area contributed by atoms with E-state index in [-0.39, 0.29) is 17.7 Å². The number of methoxy groups -OCH3 is 1. The number of thiophene rings is 1. The SMILES string of the molecule is CCc1cc(C(=O)NCc2ccc(OC)c(Cl)c2)c(NC(=O)C2CCCCC2)s1. The van der Waals surface area contributed by atoms with Gasteiger partial charge in [-0.1, -0.05) is 43.9 Å². The van der Waals surface area contributed by atoms with Crippen molar-refractivity contribution in [3.05, 3.63) is 45.3 Å². The normalized spacial score (nSPS) is 14.4. The first-order valence-corrected chi connectivity index (χ1v) is 11.3. The zero-order valence-electron chi connectivity index (χ0n) is 16.8. The van der Waals surface area contributed by atoms with E-state index in [0.29, 0.717) is 27.9 Å². The molecular formula is C22H27ClN2O3S. The standard InChI is InChI=1S/C22H27ClN2O3S/c1-3-16-12-17(22(29-16)25-20(26)15-7-5-4-6-8-15)21(27)24-13-14-9-10-19(28-2)18(23)11-14/h9-12,15H,3-8,13H2,1-2H3,(H,24,27)(H,25,26). The van der Waals surface area contributed by atoms with Crippen molar-refractivity contribution in [1.29, 1.82) is 0 Å². The largest absolute Gasteiger partial charge is 0.495 e. The Morgan fingerprint density at radius 2 is 1.97 bits per heavy atom. The number of aryl methyl sites for hydroxylation is 1. The minimum Gasteiger partial charge on any atom is -0.495 e. The van der Waals surface area contributed by atoms with Crippen LogP contribution in [-0.4, -0.2) is 18.9 Å². The fraction of sp³-hybridized carbons (Fsp3) is 0.455. The van der Waals surface area contributed by atoms with Crippen LogP contribution in [0.25, 0.3) is 0 Å². The number of hydrogen-bond donors (Lipinski definition) is 2. The van der Waals surface area contributed by atoms with Gasteiger partial charge < -0.3 is 15.4 Å². The Hall–Kier alpha value is -2.05. The maximum Gasteiger partial charge on any atom is 0.254 e. The van der Waals surface area contributed by atoms with Crippen molar-refractivity contribution in [2.75, 3.05) is 12.4 Å². The molecule has 0 atom stereocenters. The van der Waals surface area contributed by atoms with Crippen molar-refractivity contribution < 1.29 is 14.3 Å². The maximum absolute atomic E-state index is 12.8. The maximum atomic E-state index is 12.8. The van der Waals surface area contributed by atoms with Crippen LogP contribution in [0.15, 0.2) is 24.3 Å². The average Bonchev–Trinajstić information content (AvgIpc) is 3.15. The molecule has 1 aromatic carbocycles. The highest BCUT2D eigenvalue weighted by atomic mass is 35.5.